The van der Waals surface area contributed by atoms with Gasteiger partial charge in [0.05, 0.1) is 17.6 Å². The fraction of sp³-hybridized carbons (Fsp3) is 0.158. The number of carboxylic acids is 1. The van der Waals surface area contributed by atoms with E-state index in [2.05, 4.69) is 16.4 Å². The molecule has 3 rings (SSSR count). The predicted molar refractivity (Wildman–Crippen MR) is 99.3 cm³/mol. The highest BCUT2D eigenvalue weighted by Crippen LogP contribution is 2.32. The fourth-order valence-corrected chi connectivity index (χ4v) is 3.19. The van der Waals surface area contributed by atoms with Gasteiger partial charge in [0.1, 0.15) is 0 Å². The van der Waals surface area contributed by atoms with E-state index in [1.807, 2.05) is 55.6 Å². The van der Waals surface area contributed by atoms with Crippen molar-refractivity contribution in [3.05, 3.63) is 59.8 Å². The maximum atomic E-state index is 11.3. The Morgan fingerprint density at radius 2 is 2.00 bits per heavy atom. The number of nitrogens with one attached hydrogen (secondary N) is 1. The number of pyridine rings is 1. The van der Waals surface area contributed by atoms with E-state index in [0.717, 1.165) is 38.4 Å². The molecule has 0 unspecified atom stereocenters. The van der Waals surface area contributed by atoms with E-state index in [4.69, 9.17) is 0 Å². The molecule has 0 radical (unpaired) electrons. The van der Waals surface area contributed by atoms with Gasteiger partial charge in [-0.1, -0.05) is 24.3 Å². The van der Waals surface area contributed by atoms with Gasteiger partial charge < -0.3 is 10.4 Å². The Kier molecular flexibility index (Phi) is 4.71. The van der Waals surface area contributed by atoms with Crippen molar-refractivity contribution >= 4 is 40.0 Å². The van der Waals surface area contributed by atoms with Gasteiger partial charge in [0.25, 0.3) is 0 Å². The zero-order chi connectivity index (χ0) is 17.1. The fourth-order valence-electron chi connectivity index (χ4n) is 2.73. The summed E-state index contributed by atoms with van der Waals surface area (Å²) in [6.45, 7) is 1.86. The number of aryl methyl sites for hydroxylation is 1. The largest absolute Gasteiger partial charge is 0.481 e. The lowest BCUT2D eigenvalue weighted by molar-refractivity contribution is -0.136. The Bertz CT molecular complexity index is 909. The Labute approximate surface area is 144 Å². The molecule has 2 N–H and O–H groups in total. The monoisotopic (exact) mass is 338 g/mol. The third-order valence-electron chi connectivity index (χ3n) is 3.87. The quantitative estimate of drug-likeness (QED) is 0.664. The molecule has 0 spiro atoms. The molecular formula is C19H18N2O2S. The number of fused-ring (bicyclic) bond motifs is 1. The minimum absolute atomic E-state index is 0.0613. The molecule has 3 aromatic rings. The molecule has 0 saturated carbocycles. The van der Waals surface area contributed by atoms with Crippen molar-refractivity contribution in [1.82, 2.24) is 4.98 Å². The average molecular weight is 338 g/mol. The van der Waals surface area contributed by atoms with Gasteiger partial charge in [0.2, 0.25) is 0 Å². The second-order valence-electron chi connectivity index (χ2n) is 5.50. The highest BCUT2D eigenvalue weighted by Gasteiger charge is 2.15. The number of para-hydroxylation sites is 1. The van der Waals surface area contributed by atoms with E-state index in [-0.39, 0.29) is 6.42 Å². The van der Waals surface area contributed by atoms with Crippen LogP contribution in [-0.2, 0) is 11.2 Å². The first-order chi connectivity index (χ1) is 11.6. The number of hydrogen-bond acceptors (Lipinski definition) is 4. The van der Waals surface area contributed by atoms with E-state index < -0.39 is 5.97 Å². The number of hydrogen-bond donors (Lipinski definition) is 2. The number of benzene rings is 2. The van der Waals surface area contributed by atoms with Crippen molar-refractivity contribution in [2.45, 2.75) is 18.2 Å². The molecule has 1 aromatic heterocycles. The zero-order valence-electron chi connectivity index (χ0n) is 13.5. The summed E-state index contributed by atoms with van der Waals surface area (Å²) in [5.74, 6) is -0.865. The highest BCUT2D eigenvalue weighted by molar-refractivity contribution is 7.98. The van der Waals surface area contributed by atoms with Crippen molar-refractivity contribution in [3.63, 3.8) is 0 Å². The molecule has 0 aliphatic rings. The van der Waals surface area contributed by atoms with Crippen LogP contribution >= 0.6 is 11.8 Å². The smallest absolute Gasteiger partial charge is 0.307 e. The lowest BCUT2D eigenvalue weighted by atomic mass is 10.0. The van der Waals surface area contributed by atoms with Gasteiger partial charge in [-0.25, -0.2) is 0 Å². The van der Waals surface area contributed by atoms with Crippen LogP contribution in [0.5, 0.6) is 0 Å². The van der Waals surface area contributed by atoms with E-state index in [9.17, 15) is 9.90 Å². The summed E-state index contributed by atoms with van der Waals surface area (Å²) < 4.78 is 0. The van der Waals surface area contributed by atoms with Gasteiger partial charge in [0.15, 0.2) is 0 Å². The third-order valence-corrected chi connectivity index (χ3v) is 4.59. The van der Waals surface area contributed by atoms with E-state index in [0.29, 0.717) is 0 Å². The predicted octanol–water partition coefficient (Wildman–Crippen LogP) is 4.64. The van der Waals surface area contributed by atoms with Gasteiger partial charge >= 0.3 is 5.97 Å². The van der Waals surface area contributed by atoms with Crippen molar-refractivity contribution in [2.24, 2.45) is 0 Å². The normalized spacial score (nSPS) is 10.8. The summed E-state index contributed by atoms with van der Waals surface area (Å²) in [4.78, 5) is 17.0. The third kappa shape index (κ3) is 3.36. The number of carboxylic acid groups (broad SMARTS) is 1. The minimum Gasteiger partial charge on any atom is -0.481 e. The van der Waals surface area contributed by atoms with Crippen LogP contribution in [0.1, 0.15) is 11.3 Å². The summed E-state index contributed by atoms with van der Waals surface area (Å²) >= 11 is 1.67. The minimum atomic E-state index is -0.865. The Morgan fingerprint density at radius 3 is 2.75 bits per heavy atom. The van der Waals surface area contributed by atoms with Crippen LogP contribution < -0.4 is 5.32 Å². The van der Waals surface area contributed by atoms with Crippen molar-refractivity contribution in [3.8, 4) is 0 Å². The molecule has 0 bridgehead atoms. The van der Waals surface area contributed by atoms with E-state index >= 15 is 0 Å². The molecule has 2 aromatic carbocycles. The standard InChI is InChI=1S/C19H18N2O2S/c1-12-16(11-18(22)23)19(15-8-3-4-9-17(15)20-12)21-13-6-5-7-14(10-13)24-2/h3-10H,11H2,1-2H3,(H,20,21)(H,22,23). The molecule has 24 heavy (non-hydrogen) atoms. The van der Waals surface area contributed by atoms with Gasteiger partial charge in [-0.2, -0.15) is 0 Å². The topological polar surface area (TPSA) is 62.2 Å². The maximum absolute atomic E-state index is 11.3. The molecule has 0 aliphatic carbocycles. The summed E-state index contributed by atoms with van der Waals surface area (Å²) in [5.41, 5.74) is 4.06. The molecule has 0 saturated heterocycles. The number of rotatable bonds is 5. The lowest BCUT2D eigenvalue weighted by Gasteiger charge is -2.16. The molecule has 1 heterocycles. The molecule has 0 fully saturated rings. The molecule has 0 aliphatic heterocycles. The van der Waals surface area contributed by atoms with Crippen molar-refractivity contribution in [1.29, 1.82) is 0 Å². The molecule has 0 amide bonds. The number of anilines is 2. The Hall–Kier alpha value is -2.53. The summed E-state index contributed by atoms with van der Waals surface area (Å²) in [6.07, 6.45) is 1.97. The number of nitrogens with zero attached hydrogens (tertiary/aromatic N) is 1. The maximum Gasteiger partial charge on any atom is 0.307 e. The first-order valence-corrected chi connectivity index (χ1v) is 8.82. The van der Waals surface area contributed by atoms with Crippen LogP contribution in [0.4, 0.5) is 11.4 Å². The van der Waals surface area contributed by atoms with Crippen LogP contribution in [0, 0.1) is 6.92 Å². The average Bonchev–Trinajstić information content (AvgIpc) is 2.58. The van der Waals surface area contributed by atoms with Gasteiger partial charge in [-0.05, 0) is 37.4 Å². The molecule has 4 nitrogen and oxygen atoms in total. The summed E-state index contributed by atoms with van der Waals surface area (Å²) in [6, 6.07) is 15.8. The molecule has 5 heteroatoms. The van der Waals surface area contributed by atoms with Crippen LogP contribution in [0.15, 0.2) is 53.4 Å². The van der Waals surface area contributed by atoms with E-state index in [1.165, 1.54) is 0 Å². The highest BCUT2D eigenvalue weighted by atomic mass is 32.2. The van der Waals surface area contributed by atoms with Crippen molar-refractivity contribution in [2.75, 3.05) is 11.6 Å². The molecule has 0 atom stereocenters. The van der Waals surface area contributed by atoms with Crippen LogP contribution in [0.3, 0.4) is 0 Å². The molecule has 122 valence electrons. The van der Waals surface area contributed by atoms with Gasteiger partial charge in [-0.15, -0.1) is 11.8 Å². The second-order valence-corrected chi connectivity index (χ2v) is 6.38. The molecular weight excluding hydrogens is 320 g/mol. The first kappa shape index (κ1) is 16.3. The van der Waals surface area contributed by atoms with Crippen LogP contribution in [0.25, 0.3) is 10.9 Å². The van der Waals surface area contributed by atoms with Gasteiger partial charge in [-0.3, -0.25) is 9.78 Å². The summed E-state index contributed by atoms with van der Waals surface area (Å²) in [7, 11) is 0. The zero-order valence-corrected chi connectivity index (χ0v) is 14.4. The number of aromatic nitrogens is 1. The first-order valence-electron chi connectivity index (χ1n) is 7.59. The SMILES string of the molecule is CSc1cccc(Nc2c(CC(=O)O)c(C)nc3ccccc23)c1. The Morgan fingerprint density at radius 1 is 1.21 bits per heavy atom. The van der Waals surface area contributed by atoms with E-state index in [1.54, 1.807) is 11.8 Å². The Balaban J connectivity index is 2.17. The second kappa shape index (κ2) is 6.93. The summed E-state index contributed by atoms with van der Waals surface area (Å²) in [5, 5.41) is 13.6. The lowest BCUT2D eigenvalue weighted by Crippen LogP contribution is -2.08. The van der Waals surface area contributed by atoms with Crippen LogP contribution in [0.2, 0.25) is 0 Å². The number of carbonyl (C=O) groups is 1. The van der Waals surface area contributed by atoms with Crippen molar-refractivity contribution < 1.29 is 9.90 Å². The van der Waals surface area contributed by atoms with Crippen LogP contribution in [-0.4, -0.2) is 22.3 Å². The van der Waals surface area contributed by atoms with Gasteiger partial charge in [0, 0.05) is 27.2 Å². The number of thioether (sulfide) groups is 1. The number of aliphatic carboxylic acids is 1.